The minimum absolute atomic E-state index is 0.0702. The van der Waals surface area contributed by atoms with Crippen molar-refractivity contribution in [2.45, 2.75) is 19.4 Å². The van der Waals surface area contributed by atoms with Gasteiger partial charge in [0, 0.05) is 0 Å². The first-order valence-corrected chi connectivity index (χ1v) is 12.7. The number of anilines is 1. The number of nitrogens with zero attached hydrogens (tertiary/aromatic N) is 3. The van der Waals surface area contributed by atoms with E-state index in [1.54, 1.807) is 6.07 Å². The number of aromatic amines is 1. The van der Waals surface area contributed by atoms with Crippen molar-refractivity contribution in [3.05, 3.63) is 76.9 Å². The lowest BCUT2D eigenvalue weighted by molar-refractivity contribution is 0.487. The quantitative estimate of drug-likeness (QED) is 0.309. The molecule has 0 saturated heterocycles. The van der Waals surface area contributed by atoms with Crippen molar-refractivity contribution in [1.29, 1.82) is 0 Å². The molecule has 0 fully saturated rings. The van der Waals surface area contributed by atoms with Gasteiger partial charge in [0.25, 0.3) is 0 Å². The number of benzene rings is 2. The van der Waals surface area contributed by atoms with Crippen LogP contribution >= 0.6 is 0 Å². The second-order valence-corrected chi connectivity index (χ2v) is 9.60. The summed E-state index contributed by atoms with van der Waals surface area (Å²) in [5, 5.41) is 3.20. The Balaban J connectivity index is 1.76. The maximum absolute atomic E-state index is 14.2. The summed E-state index contributed by atoms with van der Waals surface area (Å²) in [5.74, 6) is -0.0617. The molecule has 1 atom stereocenters. The zero-order valence-electron chi connectivity index (χ0n) is 19.1. The van der Waals surface area contributed by atoms with Crippen LogP contribution in [0.25, 0.3) is 33.3 Å². The van der Waals surface area contributed by atoms with E-state index in [1.807, 2.05) is 6.92 Å². The molecular formula is C24H20FN5O5S. The molecule has 0 unspecified atom stereocenters. The van der Waals surface area contributed by atoms with Crippen LogP contribution in [0, 0.1) is 5.82 Å². The molecular weight excluding hydrogens is 489 g/mol. The number of hydrogen-bond acceptors (Lipinski definition) is 9. The van der Waals surface area contributed by atoms with Gasteiger partial charge >= 0.3 is 10.1 Å². The molecule has 3 heterocycles. The first-order valence-electron chi connectivity index (χ1n) is 10.9. The van der Waals surface area contributed by atoms with Gasteiger partial charge in [0.2, 0.25) is 5.43 Å². The van der Waals surface area contributed by atoms with Crippen LogP contribution in [0.2, 0.25) is 0 Å². The summed E-state index contributed by atoms with van der Waals surface area (Å²) < 4.78 is 49.2. The highest BCUT2D eigenvalue weighted by molar-refractivity contribution is 7.86. The van der Waals surface area contributed by atoms with Gasteiger partial charge in [0.05, 0.1) is 24.2 Å². The fourth-order valence-corrected chi connectivity index (χ4v) is 4.48. The molecule has 3 aromatic heterocycles. The molecule has 36 heavy (non-hydrogen) atoms. The van der Waals surface area contributed by atoms with Gasteiger partial charge in [-0.05, 0) is 36.2 Å². The Morgan fingerprint density at radius 1 is 1.17 bits per heavy atom. The van der Waals surface area contributed by atoms with Gasteiger partial charge in [0.1, 0.15) is 34.4 Å². The monoisotopic (exact) mass is 509 g/mol. The maximum Gasteiger partial charge on any atom is 0.306 e. The second kappa shape index (κ2) is 9.04. The Labute approximate surface area is 204 Å². The van der Waals surface area contributed by atoms with Crippen molar-refractivity contribution in [2.75, 3.05) is 11.6 Å². The average molecular weight is 510 g/mol. The third-order valence-corrected chi connectivity index (χ3v) is 6.00. The zero-order valence-corrected chi connectivity index (χ0v) is 20.0. The molecule has 10 nitrogen and oxygen atoms in total. The number of hydrogen-bond donors (Lipinski definition) is 2. The van der Waals surface area contributed by atoms with Gasteiger partial charge in [-0.2, -0.15) is 8.42 Å². The fourth-order valence-electron chi connectivity index (χ4n) is 4.01. The van der Waals surface area contributed by atoms with Gasteiger partial charge in [-0.15, -0.1) is 0 Å². The second-order valence-electron chi connectivity index (χ2n) is 8.03. The molecule has 0 aliphatic rings. The molecule has 0 aliphatic carbocycles. The first kappa shape index (κ1) is 23.4. The molecule has 0 bridgehead atoms. The molecule has 2 aromatic carbocycles. The van der Waals surface area contributed by atoms with E-state index < -0.39 is 27.4 Å². The van der Waals surface area contributed by atoms with Crippen LogP contribution in [0.1, 0.15) is 25.1 Å². The van der Waals surface area contributed by atoms with Crippen LogP contribution < -0.4 is 14.9 Å². The van der Waals surface area contributed by atoms with Gasteiger partial charge in [-0.3, -0.25) is 4.79 Å². The number of nitrogens with one attached hydrogen (secondary N) is 2. The molecule has 5 rings (SSSR count). The van der Waals surface area contributed by atoms with Crippen molar-refractivity contribution < 1.29 is 21.4 Å². The summed E-state index contributed by atoms with van der Waals surface area (Å²) in [7, 11) is -3.93. The Hall–Kier alpha value is -4.32. The lowest BCUT2D eigenvalue weighted by Gasteiger charge is -2.21. The standard InChI is InChI=1S/C24H20FN5O5S/c1-3-15(30-24-20-23(27-11-26-20)28-12-29-24)22-18(13-6-4-7-14(25)10-13)21(31)19-16(34-22)8-5-9-17(19)35-36(2,32)33/h4-12,15H,3H2,1-2H3,(H2,26,27,28,29,30)/t15-/m0/s1. The summed E-state index contributed by atoms with van der Waals surface area (Å²) in [6, 6.07) is 9.36. The molecule has 0 saturated carbocycles. The maximum atomic E-state index is 14.2. The van der Waals surface area contributed by atoms with E-state index in [0.717, 1.165) is 6.26 Å². The van der Waals surface area contributed by atoms with E-state index in [-0.39, 0.29) is 33.6 Å². The Bertz CT molecular complexity index is 1770. The van der Waals surface area contributed by atoms with Gasteiger partial charge < -0.3 is 18.9 Å². The zero-order chi connectivity index (χ0) is 25.4. The van der Waals surface area contributed by atoms with E-state index in [2.05, 4.69) is 25.3 Å². The van der Waals surface area contributed by atoms with Crippen molar-refractivity contribution in [3.8, 4) is 16.9 Å². The summed E-state index contributed by atoms with van der Waals surface area (Å²) in [4.78, 5) is 29.4. The highest BCUT2D eigenvalue weighted by atomic mass is 32.2. The van der Waals surface area contributed by atoms with Crippen LogP contribution in [-0.4, -0.2) is 34.6 Å². The smallest absolute Gasteiger partial charge is 0.306 e. The van der Waals surface area contributed by atoms with Gasteiger partial charge in [0.15, 0.2) is 17.2 Å². The first-order chi connectivity index (χ1) is 17.2. The highest BCUT2D eigenvalue weighted by Crippen LogP contribution is 2.35. The van der Waals surface area contributed by atoms with Crippen LogP contribution in [0.3, 0.4) is 0 Å². The van der Waals surface area contributed by atoms with E-state index >= 15 is 0 Å². The molecule has 0 radical (unpaired) electrons. The number of aromatic nitrogens is 4. The van der Waals surface area contributed by atoms with Gasteiger partial charge in [-0.1, -0.05) is 25.1 Å². The van der Waals surface area contributed by atoms with E-state index in [0.29, 0.717) is 23.4 Å². The predicted molar refractivity (Wildman–Crippen MR) is 132 cm³/mol. The molecule has 2 N–H and O–H groups in total. The molecule has 5 aromatic rings. The Morgan fingerprint density at radius 2 is 1.97 bits per heavy atom. The minimum Gasteiger partial charge on any atom is -0.458 e. The highest BCUT2D eigenvalue weighted by Gasteiger charge is 2.26. The SMILES string of the molecule is CC[C@H](Nc1ncnc2nc[nH]c12)c1oc2cccc(OS(C)(=O)=O)c2c(=O)c1-c1cccc(F)c1. The van der Waals surface area contributed by atoms with Crippen molar-refractivity contribution in [1.82, 2.24) is 19.9 Å². The topological polar surface area (TPSA) is 140 Å². The molecule has 0 amide bonds. The molecule has 0 aliphatic heterocycles. The summed E-state index contributed by atoms with van der Waals surface area (Å²) in [6.07, 6.45) is 4.18. The number of H-pyrrole nitrogens is 1. The van der Waals surface area contributed by atoms with Gasteiger partial charge in [-0.25, -0.2) is 19.3 Å². The molecule has 0 spiro atoms. The fraction of sp³-hybridized carbons (Fsp3) is 0.167. The van der Waals surface area contributed by atoms with Crippen LogP contribution in [-0.2, 0) is 10.1 Å². The van der Waals surface area contributed by atoms with Crippen molar-refractivity contribution in [3.63, 3.8) is 0 Å². The number of rotatable bonds is 7. The average Bonchev–Trinajstić information content (AvgIpc) is 3.31. The predicted octanol–water partition coefficient (Wildman–Crippen LogP) is 4.17. The third kappa shape index (κ3) is 4.38. The number of halogens is 1. The van der Waals surface area contributed by atoms with Crippen LogP contribution in [0.5, 0.6) is 5.75 Å². The Kier molecular flexibility index (Phi) is 5.88. The van der Waals surface area contributed by atoms with E-state index in [4.69, 9.17) is 8.60 Å². The van der Waals surface area contributed by atoms with Crippen molar-refractivity contribution >= 4 is 38.1 Å². The number of imidazole rings is 1. The lowest BCUT2D eigenvalue weighted by atomic mass is 9.97. The summed E-state index contributed by atoms with van der Waals surface area (Å²) in [5.41, 5.74) is 0.910. The van der Waals surface area contributed by atoms with Crippen LogP contribution in [0.15, 0.2) is 64.3 Å². The third-order valence-electron chi connectivity index (χ3n) is 5.52. The molecule has 184 valence electrons. The van der Waals surface area contributed by atoms with E-state index in [1.165, 1.54) is 49.1 Å². The number of fused-ring (bicyclic) bond motifs is 2. The summed E-state index contributed by atoms with van der Waals surface area (Å²) >= 11 is 0. The largest absolute Gasteiger partial charge is 0.458 e. The lowest BCUT2D eigenvalue weighted by Crippen LogP contribution is -2.18. The van der Waals surface area contributed by atoms with E-state index in [9.17, 15) is 17.6 Å². The normalized spacial score (nSPS) is 12.6. The Morgan fingerprint density at radius 3 is 2.72 bits per heavy atom. The van der Waals surface area contributed by atoms with Crippen molar-refractivity contribution in [2.24, 2.45) is 0 Å². The molecule has 12 heteroatoms. The van der Waals surface area contributed by atoms with Crippen LogP contribution in [0.4, 0.5) is 10.2 Å². The summed E-state index contributed by atoms with van der Waals surface area (Å²) in [6.45, 7) is 1.88. The minimum atomic E-state index is -3.93.